The van der Waals surface area contributed by atoms with Crippen molar-refractivity contribution in [3.05, 3.63) is 24.0 Å². The van der Waals surface area contributed by atoms with E-state index >= 15 is 0 Å². The summed E-state index contributed by atoms with van der Waals surface area (Å²) in [6.07, 6.45) is 1.49. The first-order valence-electron chi connectivity index (χ1n) is 10.8. The average Bonchev–Trinajstić information content (AvgIpc) is 2.77. The molecule has 10 nitrogen and oxygen atoms in total. The number of thioether (sulfide) groups is 1. The second kappa shape index (κ2) is 11.4. The molecule has 0 aromatic carbocycles. The maximum Gasteiger partial charge on any atom is 0.303 e. The summed E-state index contributed by atoms with van der Waals surface area (Å²) in [7, 11) is 0. The van der Waals surface area contributed by atoms with E-state index in [1.807, 2.05) is 0 Å². The highest BCUT2D eigenvalue weighted by atomic mass is 32.2. The van der Waals surface area contributed by atoms with Gasteiger partial charge in [0.2, 0.25) is 0 Å². The van der Waals surface area contributed by atoms with Crippen LogP contribution in [-0.2, 0) is 28.6 Å². The van der Waals surface area contributed by atoms with Crippen molar-refractivity contribution in [1.82, 2.24) is 9.88 Å². The number of hydrogen-bond donors (Lipinski definition) is 0. The number of ether oxygens (including phenoxy) is 4. The molecule has 4 atom stereocenters. The van der Waals surface area contributed by atoms with Crippen molar-refractivity contribution in [3.8, 4) is 5.75 Å². The third-order valence-corrected chi connectivity index (χ3v) is 6.38. The van der Waals surface area contributed by atoms with Crippen LogP contribution in [0.25, 0.3) is 0 Å². The van der Waals surface area contributed by atoms with Gasteiger partial charge in [0.05, 0.1) is 0 Å². The Morgan fingerprint density at radius 1 is 0.939 bits per heavy atom. The number of nitrogens with zero attached hydrogens (tertiary/aromatic N) is 2. The SMILES string of the molecule is CC(=O)O[C@@H]1[C@@H](OC(C)=O)[C@@H](Oc2cccnc2C(=O)N2CCCCC2)SC[C@H]1OC(C)=O. The van der Waals surface area contributed by atoms with Gasteiger partial charge in [-0.05, 0) is 31.4 Å². The monoisotopic (exact) mass is 480 g/mol. The summed E-state index contributed by atoms with van der Waals surface area (Å²) >= 11 is 1.22. The van der Waals surface area contributed by atoms with E-state index in [-0.39, 0.29) is 23.1 Å². The molecule has 33 heavy (non-hydrogen) atoms. The molecule has 0 radical (unpaired) electrons. The molecule has 0 aliphatic carbocycles. The van der Waals surface area contributed by atoms with Crippen LogP contribution in [0, 0.1) is 0 Å². The van der Waals surface area contributed by atoms with E-state index in [1.54, 1.807) is 17.0 Å². The highest BCUT2D eigenvalue weighted by molar-refractivity contribution is 7.99. The van der Waals surface area contributed by atoms with Crippen LogP contribution in [-0.4, -0.2) is 76.3 Å². The van der Waals surface area contributed by atoms with Crippen LogP contribution in [0.4, 0.5) is 0 Å². The van der Waals surface area contributed by atoms with Crippen molar-refractivity contribution in [3.63, 3.8) is 0 Å². The Kier molecular flexibility index (Phi) is 8.54. The topological polar surface area (TPSA) is 121 Å². The lowest BCUT2D eigenvalue weighted by molar-refractivity contribution is -0.186. The molecule has 2 aliphatic heterocycles. The summed E-state index contributed by atoms with van der Waals surface area (Å²) < 4.78 is 22.3. The number of carbonyl (C=O) groups excluding carboxylic acids is 4. The Morgan fingerprint density at radius 3 is 2.21 bits per heavy atom. The van der Waals surface area contributed by atoms with Gasteiger partial charge < -0.3 is 23.8 Å². The quantitative estimate of drug-likeness (QED) is 0.441. The smallest absolute Gasteiger partial charge is 0.303 e. The Bertz CT molecular complexity index is 889. The average molecular weight is 481 g/mol. The zero-order chi connectivity index (χ0) is 24.0. The van der Waals surface area contributed by atoms with Crippen molar-refractivity contribution in [1.29, 1.82) is 0 Å². The van der Waals surface area contributed by atoms with Crippen LogP contribution < -0.4 is 4.74 Å². The van der Waals surface area contributed by atoms with E-state index in [0.717, 1.165) is 19.3 Å². The molecule has 1 amide bonds. The Morgan fingerprint density at radius 2 is 1.58 bits per heavy atom. The number of amides is 1. The van der Waals surface area contributed by atoms with Crippen molar-refractivity contribution in [2.24, 2.45) is 0 Å². The first-order valence-corrected chi connectivity index (χ1v) is 11.9. The van der Waals surface area contributed by atoms with E-state index in [0.29, 0.717) is 13.1 Å². The van der Waals surface area contributed by atoms with Gasteiger partial charge in [0.15, 0.2) is 35.2 Å². The van der Waals surface area contributed by atoms with Gasteiger partial charge in [0.25, 0.3) is 5.91 Å². The molecule has 2 aliphatic rings. The molecule has 1 aromatic heterocycles. The van der Waals surface area contributed by atoms with Gasteiger partial charge in [-0.1, -0.05) is 0 Å². The highest BCUT2D eigenvalue weighted by Crippen LogP contribution is 2.35. The molecule has 0 spiro atoms. The lowest BCUT2D eigenvalue weighted by Crippen LogP contribution is -2.55. The first-order chi connectivity index (χ1) is 15.8. The van der Waals surface area contributed by atoms with E-state index in [4.69, 9.17) is 18.9 Å². The third kappa shape index (κ3) is 6.59. The second-order valence-corrected chi connectivity index (χ2v) is 8.95. The molecular weight excluding hydrogens is 452 g/mol. The van der Waals surface area contributed by atoms with E-state index in [1.165, 1.54) is 38.7 Å². The second-order valence-electron chi connectivity index (χ2n) is 7.82. The van der Waals surface area contributed by atoms with Crippen molar-refractivity contribution < 1.29 is 38.1 Å². The zero-order valence-electron chi connectivity index (χ0n) is 18.9. The number of rotatable bonds is 6. The largest absolute Gasteiger partial charge is 0.473 e. The summed E-state index contributed by atoms with van der Waals surface area (Å²) in [5, 5.41) is 0. The highest BCUT2D eigenvalue weighted by Gasteiger charge is 2.48. The van der Waals surface area contributed by atoms with Crippen LogP contribution in [0.15, 0.2) is 18.3 Å². The summed E-state index contributed by atoms with van der Waals surface area (Å²) in [4.78, 5) is 54.2. The van der Waals surface area contributed by atoms with Crippen LogP contribution in [0.2, 0.25) is 0 Å². The molecule has 3 rings (SSSR count). The molecule has 3 heterocycles. The molecule has 11 heteroatoms. The minimum absolute atomic E-state index is 0.160. The number of piperidine rings is 1. The van der Waals surface area contributed by atoms with Gasteiger partial charge in [-0.25, -0.2) is 4.98 Å². The summed E-state index contributed by atoms with van der Waals surface area (Å²) in [6.45, 7) is 4.98. The predicted molar refractivity (Wildman–Crippen MR) is 118 cm³/mol. The standard InChI is InChI=1S/C22H28N2O8S/c1-13(25)29-17-12-33-22(20(31-15(3)27)19(17)30-14(2)26)32-16-8-7-9-23-18(16)21(28)24-10-5-4-6-11-24/h7-9,17,19-20,22H,4-6,10-12H2,1-3H3/t17-,19+,20-,22+/m1/s1. The van der Waals surface area contributed by atoms with Crippen LogP contribution in [0.1, 0.15) is 50.5 Å². The molecule has 0 saturated carbocycles. The van der Waals surface area contributed by atoms with Gasteiger partial charge >= 0.3 is 17.9 Å². The fourth-order valence-corrected chi connectivity index (χ4v) is 5.04. The maximum atomic E-state index is 13.1. The Hall–Kier alpha value is -2.82. The van der Waals surface area contributed by atoms with Crippen LogP contribution >= 0.6 is 11.8 Å². The fourth-order valence-electron chi connectivity index (χ4n) is 3.83. The molecule has 2 fully saturated rings. The minimum Gasteiger partial charge on any atom is -0.473 e. The normalized spacial score (nSPS) is 25.0. The van der Waals surface area contributed by atoms with Crippen LogP contribution in [0.5, 0.6) is 5.75 Å². The minimum atomic E-state index is -1.08. The molecule has 1 aromatic rings. The predicted octanol–water partition coefficient (Wildman–Crippen LogP) is 1.95. The molecule has 2 saturated heterocycles. The summed E-state index contributed by atoms with van der Waals surface area (Å²) in [5.41, 5.74) is -0.671. The number of pyridine rings is 1. The Labute approximate surface area is 196 Å². The molecule has 0 bridgehead atoms. The van der Waals surface area contributed by atoms with Gasteiger partial charge in [-0.3, -0.25) is 19.2 Å². The van der Waals surface area contributed by atoms with Crippen molar-refractivity contribution >= 4 is 35.6 Å². The summed E-state index contributed by atoms with van der Waals surface area (Å²) in [5.74, 6) is -1.57. The van der Waals surface area contributed by atoms with Gasteiger partial charge in [0.1, 0.15) is 0 Å². The lowest BCUT2D eigenvalue weighted by Gasteiger charge is -2.40. The van der Waals surface area contributed by atoms with Crippen molar-refractivity contribution in [2.75, 3.05) is 18.8 Å². The first kappa shape index (κ1) is 24.8. The molecule has 0 N–H and O–H groups in total. The third-order valence-electron chi connectivity index (χ3n) is 5.16. The van der Waals surface area contributed by atoms with Crippen molar-refractivity contribution in [2.45, 2.75) is 63.8 Å². The Balaban J connectivity index is 1.87. The van der Waals surface area contributed by atoms with E-state index < -0.39 is 41.7 Å². The fraction of sp³-hybridized carbons (Fsp3) is 0.591. The van der Waals surface area contributed by atoms with Gasteiger partial charge in [-0.15, -0.1) is 11.8 Å². The van der Waals surface area contributed by atoms with Gasteiger partial charge in [-0.2, -0.15) is 0 Å². The zero-order valence-corrected chi connectivity index (χ0v) is 19.7. The number of carbonyl (C=O) groups is 4. The number of esters is 3. The lowest BCUT2D eigenvalue weighted by atomic mass is 10.1. The van der Waals surface area contributed by atoms with E-state index in [9.17, 15) is 19.2 Å². The van der Waals surface area contributed by atoms with E-state index in [2.05, 4.69) is 4.98 Å². The number of likely N-dealkylation sites (tertiary alicyclic amines) is 1. The number of hydrogen-bond acceptors (Lipinski definition) is 10. The molecule has 180 valence electrons. The van der Waals surface area contributed by atoms with Gasteiger partial charge in [0, 0.05) is 45.8 Å². The molecular formula is C22H28N2O8S. The summed E-state index contributed by atoms with van der Waals surface area (Å²) in [6, 6.07) is 3.26. The molecule has 0 unspecified atom stereocenters. The maximum absolute atomic E-state index is 13.1. The van der Waals surface area contributed by atoms with Crippen LogP contribution in [0.3, 0.4) is 0 Å². The number of aromatic nitrogens is 1.